The fraction of sp³-hybridized carbons (Fsp3) is 0.875. The molecule has 0 rings (SSSR count). The van der Waals surface area contributed by atoms with Crippen molar-refractivity contribution in [2.45, 2.75) is 44.8 Å². The van der Waals surface area contributed by atoms with E-state index in [4.69, 9.17) is 5.26 Å². The lowest BCUT2D eigenvalue weighted by Gasteiger charge is -2.21. The van der Waals surface area contributed by atoms with Crippen LogP contribution in [0.3, 0.4) is 0 Å². The van der Waals surface area contributed by atoms with Gasteiger partial charge >= 0.3 is 0 Å². The van der Waals surface area contributed by atoms with Crippen molar-refractivity contribution >= 4 is 8.41 Å². The van der Waals surface area contributed by atoms with Crippen molar-refractivity contribution in [1.29, 1.82) is 5.26 Å². The standard InChI is InChI=1S/C8H16FNSi/c1-4-8(6-5-7-10)11(2,3)9/h8H,4-6H2,1-3H3. The summed E-state index contributed by atoms with van der Waals surface area (Å²) in [6.45, 7) is 5.44. The topological polar surface area (TPSA) is 23.8 Å². The van der Waals surface area contributed by atoms with Crippen LogP contribution in [0, 0.1) is 11.3 Å². The molecule has 0 fully saturated rings. The summed E-state index contributed by atoms with van der Waals surface area (Å²) in [6.07, 6.45) is 2.11. The first-order chi connectivity index (χ1) is 5.02. The van der Waals surface area contributed by atoms with E-state index in [-0.39, 0.29) is 5.54 Å². The van der Waals surface area contributed by atoms with E-state index in [2.05, 4.69) is 6.07 Å². The van der Waals surface area contributed by atoms with Crippen LogP contribution in [0.2, 0.25) is 18.6 Å². The number of nitrogens with zero attached hydrogens (tertiary/aromatic N) is 1. The van der Waals surface area contributed by atoms with E-state index in [1.54, 1.807) is 13.1 Å². The van der Waals surface area contributed by atoms with Crippen LogP contribution in [0.15, 0.2) is 0 Å². The first kappa shape index (κ1) is 10.6. The number of rotatable bonds is 4. The minimum Gasteiger partial charge on any atom is -0.314 e. The minimum absolute atomic E-state index is 0.169. The summed E-state index contributed by atoms with van der Waals surface area (Å²) >= 11 is 0. The Bertz CT molecular complexity index is 145. The van der Waals surface area contributed by atoms with Gasteiger partial charge in [-0.15, -0.1) is 0 Å². The molecule has 1 nitrogen and oxygen atoms in total. The first-order valence-electron chi connectivity index (χ1n) is 4.08. The fourth-order valence-corrected chi connectivity index (χ4v) is 3.07. The van der Waals surface area contributed by atoms with Crippen LogP contribution in [-0.4, -0.2) is 8.41 Å². The molecular formula is C8H16FNSi. The predicted molar refractivity (Wildman–Crippen MR) is 47.5 cm³/mol. The predicted octanol–water partition coefficient (Wildman–Crippen LogP) is 3.24. The molecule has 0 spiro atoms. The van der Waals surface area contributed by atoms with Crippen LogP contribution in [0.4, 0.5) is 4.11 Å². The highest BCUT2D eigenvalue weighted by Gasteiger charge is 2.30. The highest BCUT2D eigenvalue weighted by atomic mass is 28.4. The molecule has 0 aliphatic rings. The number of nitriles is 1. The van der Waals surface area contributed by atoms with Crippen LogP contribution in [-0.2, 0) is 0 Å². The summed E-state index contributed by atoms with van der Waals surface area (Å²) in [6, 6.07) is 2.06. The highest BCUT2D eigenvalue weighted by Crippen LogP contribution is 2.30. The second kappa shape index (κ2) is 4.50. The number of hydrogen-bond donors (Lipinski definition) is 0. The molecule has 0 aliphatic carbocycles. The summed E-state index contributed by atoms with van der Waals surface area (Å²) < 4.78 is 13.4. The minimum atomic E-state index is -2.47. The third-order valence-electron chi connectivity index (χ3n) is 2.07. The highest BCUT2D eigenvalue weighted by molar-refractivity contribution is 6.72. The van der Waals surface area contributed by atoms with Crippen molar-refractivity contribution in [3.8, 4) is 6.07 Å². The number of hydrogen-bond acceptors (Lipinski definition) is 1. The second-order valence-electron chi connectivity index (χ2n) is 3.37. The van der Waals surface area contributed by atoms with Gasteiger partial charge in [-0.3, -0.25) is 0 Å². The molecule has 0 bridgehead atoms. The zero-order valence-electron chi connectivity index (χ0n) is 7.52. The van der Waals surface area contributed by atoms with Gasteiger partial charge in [0.1, 0.15) is 0 Å². The molecular weight excluding hydrogens is 157 g/mol. The van der Waals surface area contributed by atoms with E-state index in [9.17, 15) is 4.11 Å². The van der Waals surface area contributed by atoms with Crippen molar-refractivity contribution < 1.29 is 4.11 Å². The van der Waals surface area contributed by atoms with Crippen molar-refractivity contribution in [1.82, 2.24) is 0 Å². The molecule has 0 N–H and O–H groups in total. The third-order valence-corrected chi connectivity index (χ3v) is 4.71. The van der Waals surface area contributed by atoms with E-state index in [1.165, 1.54) is 0 Å². The second-order valence-corrected chi connectivity index (χ2v) is 7.31. The Hall–Kier alpha value is -0.363. The smallest absolute Gasteiger partial charge is 0.244 e. The Morgan fingerprint density at radius 3 is 2.36 bits per heavy atom. The van der Waals surface area contributed by atoms with Gasteiger partial charge in [-0.25, -0.2) is 0 Å². The lowest BCUT2D eigenvalue weighted by Crippen LogP contribution is -2.26. The maximum absolute atomic E-state index is 13.4. The maximum Gasteiger partial charge on any atom is 0.244 e. The lowest BCUT2D eigenvalue weighted by molar-refractivity contribution is 0.634. The summed E-state index contributed by atoms with van der Waals surface area (Å²) in [5.41, 5.74) is 0.169. The molecule has 0 aliphatic heterocycles. The molecule has 11 heavy (non-hydrogen) atoms. The first-order valence-corrected chi connectivity index (χ1v) is 7.03. The van der Waals surface area contributed by atoms with Gasteiger partial charge in [0, 0.05) is 6.42 Å². The van der Waals surface area contributed by atoms with E-state index in [1.807, 2.05) is 6.92 Å². The Balaban J connectivity index is 3.88. The molecule has 0 aromatic rings. The third kappa shape index (κ3) is 4.15. The van der Waals surface area contributed by atoms with Crippen molar-refractivity contribution in [3.05, 3.63) is 0 Å². The molecule has 1 atom stereocenters. The monoisotopic (exact) mass is 173 g/mol. The molecule has 0 radical (unpaired) electrons. The van der Waals surface area contributed by atoms with E-state index < -0.39 is 8.41 Å². The molecule has 0 saturated carbocycles. The van der Waals surface area contributed by atoms with Gasteiger partial charge in [0.25, 0.3) is 0 Å². The van der Waals surface area contributed by atoms with Crippen LogP contribution < -0.4 is 0 Å². The van der Waals surface area contributed by atoms with E-state index >= 15 is 0 Å². The van der Waals surface area contributed by atoms with Gasteiger partial charge in [0.05, 0.1) is 6.07 Å². The van der Waals surface area contributed by atoms with Crippen LogP contribution in [0.5, 0.6) is 0 Å². The molecule has 1 unspecified atom stereocenters. The Kier molecular flexibility index (Phi) is 4.35. The van der Waals surface area contributed by atoms with Gasteiger partial charge in [0.2, 0.25) is 8.41 Å². The van der Waals surface area contributed by atoms with Gasteiger partial charge < -0.3 is 4.11 Å². The Labute approximate surface area is 69.4 Å². The van der Waals surface area contributed by atoms with Gasteiger partial charge in [-0.2, -0.15) is 5.26 Å². The lowest BCUT2D eigenvalue weighted by atomic mass is 10.2. The molecule has 3 heteroatoms. The molecule has 0 aromatic carbocycles. The van der Waals surface area contributed by atoms with Gasteiger partial charge in [-0.05, 0) is 25.1 Å². The van der Waals surface area contributed by atoms with Crippen molar-refractivity contribution in [3.63, 3.8) is 0 Å². The summed E-state index contributed by atoms with van der Waals surface area (Å²) in [7, 11) is -2.47. The van der Waals surface area contributed by atoms with E-state index in [0.717, 1.165) is 12.8 Å². The Morgan fingerprint density at radius 2 is 2.09 bits per heavy atom. The summed E-state index contributed by atoms with van der Waals surface area (Å²) in [5, 5.41) is 8.32. The SMILES string of the molecule is CCC(CCC#N)[Si](C)(C)F. The number of halogens is 1. The molecule has 0 heterocycles. The zero-order chi connectivity index (χ0) is 8.91. The largest absolute Gasteiger partial charge is 0.314 e. The molecule has 64 valence electrons. The van der Waals surface area contributed by atoms with Crippen LogP contribution in [0.1, 0.15) is 26.2 Å². The molecule has 0 saturated heterocycles. The summed E-state index contributed by atoms with van der Waals surface area (Å²) in [5.74, 6) is 0. The van der Waals surface area contributed by atoms with E-state index in [0.29, 0.717) is 6.42 Å². The molecule has 0 amide bonds. The van der Waals surface area contributed by atoms with Crippen LogP contribution >= 0.6 is 0 Å². The zero-order valence-corrected chi connectivity index (χ0v) is 8.52. The average molecular weight is 173 g/mol. The van der Waals surface area contributed by atoms with Crippen LogP contribution in [0.25, 0.3) is 0 Å². The van der Waals surface area contributed by atoms with Crippen molar-refractivity contribution in [2.24, 2.45) is 0 Å². The normalized spacial score (nSPS) is 14.1. The van der Waals surface area contributed by atoms with Gasteiger partial charge in [-0.1, -0.05) is 13.3 Å². The quantitative estimate of drug-likeness (QED) is 0.473. The maximum atomic E-state index is 13.4. The summed E-state index contributed by atoms with van der Waals surface area (Å²) in [4.78, 5) is 0. The fourth-order valence-electron chi connectivity index (χ4n) is 1.27. The molecule has 0 aromatic heterocycles. The average Bonchev–Trinajstić information content (AvgIpc) is 1.87. The Morgan fingerprint density at radius 1 is 1.55 bits per heavy atom. The van der Waals surface area contributed by atoms with Crippen molar-refractivity contribution in [2.75, 3.05) is 0 Å². The van der Waals surface area contributed by atoms with Gasteiger partial charge in [0.15, 0.2) is 0 Å².